The molecule has 9 nitrogen and oxygen atoms in total. The number of fused-ring (bicyclic) bond motifs is 1. The highest BCUT2D eigenvalue weighted by molar-refractivity contribution is 7.16. The van der Waals surface area contributed by atoms with Crippen molar-refractivity contribution in [3.8, 4) is 6.07 Å². The van der Waals surface area contributed by atoms with Gasteiger partial charge in [0.15, 0.2) is 0 Å². The lowest BCUT2D eigenvalue weighted by molar-refractivity contribution is 0.0730. The average Bonchev–Trinajstić information content (AvgIpc) is 3.38. The van der Waals surface area contributed by atoms with Crippen molar-refractivity contribution in [2.75, 3.05) is 11.9 Å². The Balaban J connectivity index is 1.56. The van der Waals surface area contributed by atoms with E-state index in [0.29, 0.717) is 41.3 Å². The van der Waals surface area contributed by atoms with Gasteiger partial charge in [-0.2, -0.15) is 15.5 Å². The number of hydrogen-bond acceptors (Lipinski definition) is 6. The Morgan fingerprint density at radius 1 is 1.32 bits per heavy atom. The molecular formula is C18H17N7O2S. The zero-order valence-electron chi connectivity index (χ0n) is 15.3. The maximum absolute atomic E-state index is 12.7. The van der Waals surface area contributed by atoms with Crippen LogP contribution in [-0.4, -0.2) is 42.8 Å². The molecule has 0 fully saturated rings. The summed E-state index contributed by atoms with van der Waals surface area (Å²) in [5.74, 6) is -0.455. The second-order valence-corrected chi connectivity index (χ2v) is 7.63. The fourth-order valence-electron chi connectivity index (χ4n) is 3.19. The number of thiophene rings is 1. The normalized spacial score (nSPS) is 13.1. The highest BCUT2D eigenvalue weighted by Crippen LogP contribution is 2.37. The molecule has 0 aliphatic carbocycles. The van der Waals surface area contributed by atoms with Crippen molar-refractivity contribution in [2.24, 2.45) is 14.1 Å². The first-order valence-corrected chi connectivity index (χ1v) is 9.41. The van der Waals surface area contributed by atoms with Crippen molar-refractivity contribution in [3.05, 3.63) is 51.9 Å². The molecule has 0 radical (unpaired) electrons. The van der Waals surface area contributed by atoms with Gasteiger partial charge in [-0.05, 0) is 18.1 Å². The van der Waals surface area contributed by atoms with Crippen LogP contribution in [0.5, 0.6) is 0 Å². The van der Waals surface area contributed by atoms with Gasteiger partial charge in [-0.25, -0.2) is 0 Å². The van der Waals surface area contributed by atoms with E-state index in [1.54, 1.807) is 46.8 Å². The summed E-state index contributed by atoms with van der Waals surface area (Å²) in [6, 6.07) is 3.89. The van der Waals surface area contributed by atoms with Crippen molar-refractivity contribution in [3.63, 3.8) is 0 Å². The zero-order chi connectivity index (χ0) is 19.8. The molecule has 1 aliphatic rings. The van der Waals surface area contributed by atoms with Crippen molar-refractivity contribution in [1.82, 2.24) is 24.5 Å². The minimum atomic E-state index is -0.315. The van der Waals surface area contributed by atoms with Crippen LogP contribution >= 0.6 is 11.3 Å². The van der Waals surface area contributed by atoms with Crippen LogP contribution in [0.15, 0.2) is 24.7 Å². The van der Waals surface area contributed by atoms with Crippen LogP contribution in [0.3, 0.4) is 0 Å². The zero-order valence-corrected chi connectivity index (χ0v) is 16.2. The Labute approximate surface area is 164 Å². The van der Waals surface area contributed by atoms with E-state index in [1.807, 2.05) is 0 Å². The molecule has 142 valence electrons. The molecule has 28 heavy (non-hydrogen) atoms. The minimum absolute atomic E-state index is 0.140. The lowest BCUT2D eigenvalue weighted by atomic mass is 10.0. The fourth-order valence-corrected chi connectivity index (χ4v) is 4.40. The van der Waals surface area contributed by atoms with E-state index in [-0.39, 0.29) is 11.8 Å². The molecule has 1 N–H and O–H groups in total. The van der Waals surface area contributed by atoms with E-state index in [1.165, 1.54) is 17.5 Å². The predicted octanol–water partition coefficient (Wildman–Crippen LogP) is 1.54. The number of aromatic nitrogens is 4. The second kappa shape index (κ2) is 6.94. The molecule has 4 heterocycles. The summed E-state index contributed by atoms with van der Waals surface area (Å²) in [5, 5.41) is 21.1. The molecule has 0 bridgehead atoms. The molecular weight excluding hydrogens is 378 g/mol. The number of nitrogens with one attached hydrogen (secondary N) is 1. The van der Waals surface area contributed by atoms with E-state index in [4.69, 9.17) is 0 Å². The molecule has 0 saturated heterocycles. The summed E-state index contributed by atoms with van der Waals surface area (Å²) >= 11 is 1.34. The molecule has 0 atom stereocenters. The third-order valence-electron chi connectivity index (χ3n) is 4.58. The third-order valence-corrected chi connectivity index (χ3v) is 5.71. The number of nitrogens with zero attached hydrogens (tertiary/aromatic N) is 6. The first-order chi connectivity index (χ1) is 13.5. The van der Waals surface area contributed by atoms with E-state index in [2.05, 4.69) is 21.6 Å². The Hall–Kier alpha value is -3.45. The average molecular weight is 395 g/mol. The molecule has 10 heteroatoms. The Kier molecular flexibility index (Phi) is 4.44. The van der Waals surface area contributed by atoms with Gasteiger partial charge < -0.3 is 10.2 Å². The third kappa shape index (κ3) is 3.16. The van der Waals surface area contributed by atoms with E-state index < -0.39 is 0 Å². The van der Waals surface area contributed by atoms with Crippen molar-refractivity contribution in [1.29, 1.82) is 5.26 Å². The quantitative estimate of drug-likeness (QED) is 0.723. The first-order valence-electron chi connectivity index (χ1n) is 8.60. The van der Waals surface area contributed by atoms with Crippen LogP contribution in [-0.2, 0) is 27.1 Å². The van der Waals surface area contributed by atoms with Gasteiger partial charge in [-0.1, -0.05) is 0 Å². The summed E-state index contributed by atoms with van der Waals surface area (Å²) < 4.78 is 3.13. The molecule has 1 aliphatic heterocycles. The van der Waals surface area contributed by atoms with Crippen molar-refractivity contribution >= 4 is 28.2 Å². The van der Waals surface area contributed by atoms with E-state index in [9.17, 15) is 14.9 Å². The Bertz CT molecular complexity index is 1120. The number of anilines is 1. The monoisotopic (exact) mass is 395 g/mol. The maximum atomic E-state index is 12.7. The van der Waals surface area contributed by atoms with Crippen LogP contribution < -0.4 is 5.32 Å². The molecule has 0 saturated carbocycles. The fraction of sp³-hybridized carbons (Fsp3) is 0.278. The van der Waals surface area contributed by atoms with E-state index >= 15 is 0 Å². The Morgan fingerprint density at radius 2 is 2.14 bits per heavy atom. The summed E-state index contributed by atoms with van der Waals surface area (Å²) in [6.07, 6.45) is 5.38. The summed E-state index contributed by atoms with van der Waals surface area (Å²) in [7, 11) is 3.50. The van der Waals surface area contributed by atoms with Gasteiger partial charge in [0.1, 0.15) is 16.8 Å². The largest absolute Gasteiger partial charge is 0.332 e. The smallest absolute Gasteiger partial charge is 0.274 e. The number of rotatable bonds is 3. The highest BCUT2D eigenvalue weighted by atomic mass is 32.1. The van der Waals surface area contributed by atoms with E-state index in [0.717, 1.165) is 10.4 Å². The summed E-state index contributed by atoms with van der Waals surface area (Å²) in [5.41, 5.74) is 2.19. The number of nitriles is 1. The van der Waals surface area contributed by atoms with Crippen LogP contribution in [0.25, 0.3) is 0 Å². The molecule has 0 spiro atoms. The SMILES string of the molecule is Cn1cc(C(=O)Nc2sc3c(c2C#N)CCN(C(=O)c2ccn(C)n2)C3)cn1. The van der Waals surface area contributed by atoms with Gasteiger partial charge in [0.25, 0.3) is 11.8 Å². The van der Waals surface area contributed by atoms with Crippen LogP contribution in [0.4, 0.5) is 5.00 Å². The van der Waals surface area contributed by atoms with Crippen LogP contribution in [0.1, 0.15) is 36.9 Å². The van der Waals surface area contributed by atoms with Gasteiger partial charge in [0, 0.05) is 37.9 Å². The van der Waals surface area contributed by atoms with Gasteiger partial charge in [0.05, 0.1) is 23.9 Å². The van der Waals surface area contributed by atoms with Gasteiger partial charge in [0.2, 0.25) is 0 Å². The van der Waals surface area contributed by atoms with Gasteiger partial charge >= 0.3 is 0 Å². The van der Waals surface area contributed by atoms with Crippen molar-refractivity contribution < 1.29 is 9.59 Å². The summed E-state index contributed by atoms with van der Waals surface area (Å²) in [6.45, 7) is 0.899. The molecule has 3 aromatic rings. The number of carbonyl (C=O) groups excluding carboxylic acids is 2. The molecule has 2 amide bonds. The topological polar surface area (TPSA) is 109 Å². The lowest BCUT2D eigenvalue weighted by Crippen LogP contribution is -2.35. The number of hydrogen-bond donors (Lipinski definition) is 1. The number of carbonyl (C=O) groups is 2. The van der Waals surface area contributed by atoms with Gasteiger partial charge in [-0.3, -0.25) is 19.0 Å². The summed E-state index contributed by atoms with van der Waals surface area (Å²) in [4.78, 5) is 27.7. The molecule has 4 rings (SSSR count). The maximum Gasteiger partial charge on any atom is 0.274 e. The molecule has 3 aromatic heterocycles. The van der Waals surface area contributed by atoms with Gasteiger partial charge in [-0.15, -0.1) is 11.3 Å². The number of aryl methyl sites for hydroxylation is 2. The second-order valence-electron chi connectivity index (χ2n) is 6.53. The first kappa shape index (κ1) is 17.9. The lowest BCUT2D eigenvalue weighted by Gasteiger charge is -2.26. The molecule has 0 unspecified atom stereocenters. The standard InChI is InChI=1S/C18H17N7O2S/c1-23-5-4-14(22-23)18(27)25-6-3-12-13(7-19)17(28-15(12)10-25)21-16(26)11-8-20-24(2)9-11/h4-5,8-9H,3,6,10H2,1-2H3,(H,21,26). The highest BCUT2D eigenvalue weighted by Gasteiger charge is 2.29. The molecule has 0 aromatic carbocycles. The van der Waals surface area contributed by atoms with Crippen LogP contribution in [0, 0.1) is 11.3 Å². The predicted molar refractivity (Wildman–Crippen MR) is 102 cm³/mol. The van der Waals surface area contributed by atoms with Crippen molar-refractivity contribution in [2.45, 2.75) is 13.0 Å². The minimum Gasteiger partial charge on any atom is -0.332 e. The van der Waals surface area contributed by atoms with Crippen LogP contribution in [0.2, 0.25) is 0 Å². The number of amides is 2. The Morgan fingerprint density at radius 3 is 2.79 bits per heavy atom.